The molecule has 19 heavy (non-hydrogen) atoms. The van der Waals surface area contributed by atoms with Crippen LogP contribution >= 0.6 is 11.3 Å². The van der Waals surface area contributed by atoms with E-state index in [0.29, 0.717) is 5.54 Å². The van der Waals surface area contributed by atoms with Gasteiger partial charge in [0.15, 0.2) is 0 Å². The SMILES string of the molecule is CC(C)(C)N1CCN(c2cccc3sccc23)CC1. The standard InChI is InChI=1S/C16H22N2S/c1-16(2,3)18-10-8-17(9-11-18)14-5-4-6-15-13(14)7-12-19-15/h4-7,12H,8-11H2,1-3H3. The number of hydrogen-bond donors (Lipinski definition) is 0. The van der Waals surface area contributed by atoms with Crippen LogP contribution in [0.15, 0.2) is 29.6 Å². The third-order valence-corrected chi connectivity index (χ3v) is 4.92. The van der Waals surface area contributed by atoms with Crippen molar-refractivity contribution in [1.82, 2.24) is 4.90 Å². The normalized spacial score (nSPS) is 18.2. The summed E-state index contributed by atoms with van der Waals surface area (Å²) in [5, 5.41) is 3.61. The zero-order chi connectivity index (χ0) is 13.5. The summed E-state index contributed by atoms with van der Waals surface area (Å²) >= 11 is 1.83. The summed E-state index contributed by atoms with van der Waals surface area (Å²) in [5.74, 6) is 0. The summed E-state index contributed by atoms with van der Waals surface area (Å²) in [4.78, 5) is 5.12. The highest BCUT2D eigenvalue weighted by molar-refractivity contribution is 7.17. The van der Waals surface area contributed by atoms with E-state index in [4.69, 9.17) is 0 Å². The quantitative estimate of drug-likeness (QED) is 0.780. The second kappa shape index (κ2) is 4.80. The second-order valence-electron chi connectivity index (χ2n) is 6.25. The molecule has 0 aliphatic carbocycles. The van der Waals surface area contributed by atoms with Gasteiger partial charge in [0.25, 0.3) is 0 Å². The molecule has 2 heterocycles. The van der Waals surface area contributed by atoms with Gasteiger partial charge < -0.3 is 4.90 Å². The van der Waals surface area contributed by atoms with E-state index < -0.39 is 0 Å². The molecule has 1 fully saturated rings. The van der Waals surface area contributed by atoms with Crippen molar-refractivity contribution < 1.29 is 0 Å². The van der Waals surface area contributed by atoms with Gasteiger partial charge >= 0.3 is 0 Å². The third kappa shape index (κ3) is 2.49. The molecule has 1 aliphatic rings. The molecule has 3 heteroatoms. The Hall–Kier alpha value is -1.06. The van der Waals surface area contributed by atoms with Crippen LogP contribution in [-0.2, 0) is 0 Å². The molecule has 102 valence electrons. The van der Waals surface area contributed by atoms with Crippen molar-refractivity contribution in [2.24, 2.45) is 0 Å². The Bertz CT molecular complexity index is 559. The van der Waals surface area contributed by atoms with Gasteiger partial charge in [0.2, 0.25) is 0 Å². The molecule has 3 rings (SSSR count). The molecule has 0 spiro atoms. The molecular weight excluding hydrogens is 252 g/mol. The topological polar surface area (TPSA) is 6.48 Å². The van der Waals surface area contributed by atoms with E-state index in [1.807, 2.05) is 11.3 Å². The predicted molar refractivity (Wildman–Crippen MR) is 85.4 cm³/mol. The van der Waals surface area contributed by atoms with Gasteiger partial charge in [-0.2, -0.15) is 0 Å². The monoisotopic (exact) mass is 274 g/mol. The lowest BCUT2D eigenvalue weighted by molar-refractivity contribution is 0.128. The summed E-state index contributed by atoms with van der Waals surface area (Å²) < 4.78 is 1.40. The Morgan fingerprint density at radius 1 is 1.00 bits per heavy atom. The summed E-state index contributed by atoms with van der Waals surface area (Å²) in [6, 6.07) is 8.92. The van der Waals surface area contributed by atoms with E-state index in [1.54, 1.807) is 0 Å². The number of benzene rings is 1. The van der Waals surface area contributed by atoms with E-state index in [0.717, 1.165) is 26.2 Å². The van der Waals surface area contributed by atoms with Crippen molar-refractivity contribution in [3.63, 3.8) is 0 Å². The van der Waals surface area contributed by atoms with Crippen LogP contribution in [0.25, 0.3) is 10.1 Å². The van der Waals surface area contributed by atoms with Crippen molar-refractivity contribution >= 4 is 27.1 Å². The van der Waals surface area contributed by atoms with E-state index in [-0.39, 0.29) is 0 Å². The van der Waals surface area contributed by atoms with E-state index >= 15 is 0 Å². The first-order chi connectivity index (χ1) is 9.05. The number of thiophene rings is 1. The van der Waals surface area contributed by atoms with Crippen LogP contribution in [0.4, 0.5) is 5.69 Å². The number of fused-ring (bicyclic) bond motifs is 1. The second-order valence-corrected chi connectivity index (χ2v) is 7.20. The Labute approximate surface area is 119 Å². The summed E-state index contributed by atoms with van der Waals surface area (Å²) in [6.07, 6.45) is 0. The van der Waals surface area contributed by atoms with Gasteiger partial charge in [-0.15, -0.1) is 11.3 Å². The average Bonchev–Trinajstić information content (AvgIpc) is 2.86. The van der Waals surface area contributed by atoms with Gasteiger partial charge in [0.1, 0.15) is 0 Å². The molecule has 0 N–H and O–H groups in total. The summed E-state index contributed by atoms with van der Waals surface area (Å²) in [5.41, 5.74) is 1.70. The van der Waals surface area contributed by atoms with Crippen LogP contribution in [0.1, 0.15) is 20.8 Å². The number of piperazine rings is 1. The van der Waals surface area contributed by atoms with Gasteiger partial charge in [-0.1, -0.05) is 6.07 Å². The molecule has 0 amide bonds. The summed E-state index contributed by atoms with van der Waals surface area (Å²) in [7, 11) is 0. The third-order valence-electron chi connectivity index (χ3n) is 4.04. The van der Waals surface area contributed by atoms with Crippen LogP contribution in [0.2, 0.25) is 0 Å². The van der Waals surface area contributed by atoms with E-state index in [9.17, 15) is 0 Å². The molecule has 0 radical (unpaired) electrons. The first-order valence-corrected chi connectivity index (χ1v) is 7.90. The highest BCUT2D eigenvalue weighted by atomic mass is 32.1. The number of nitrogens with zero attached hydrogens (tertiary/aromatic N) is 2. The molecular formula is C16H22N2S. The van der Waals surface area contributed by atoms with Crippen LogP contribution in [-0.4, -0.2) is 36.6 Å². The van der Waals surface area contributed by atoms with E-state index in [2.05, 4.69) is 60.2 Å². The first kappa shape index (κ1) is 12.9. The average molecular weight is 274 g/mol. The number of anilines is 1. The number of hydrogen-bond acceptors (Lipinski definition) is 3. The molecule has 0 unspecified atom stereocenters. The minimum absolute atomic E-state index is 0.292. The molecule has 2 aromatic rings. The van der Waals surface area contributed by atoms with E-state index in [1.165, 1.54) is 15.8 Å². The highest BCUT2D eigenvalue weighted by Gasteiger charge is 2.26. The molecule has 1 aliphatic heterocycles. The van der Waals surface area contributed by atoms with Crippen molar-refractivity contribution in [3.8, 4) is 0 Å². The minimum atomic E-state index is 0.292. The maximum atomic E-state index is 2.58. The maximum Gasteiger partial charge on any atom is 0.0455 e. The fourth-order valence-corrected chi connectivity index (χ4v) is 3.68. The fourth-order valence-electron chi connectivity index (χ4n) is 2.87. The zero-order valence-corrected chi connectivity index (χ0v) is 12.8. The molecule has 0 atom stereocenters. The van der Waals surface area contributed by atoms with Crippen molar-refractivity contribution in [1.29, 1.82) is 0 Å². The van der Waals surface area contributed by atoms with Gasteiger partial charge in [-0.05, 0) is 44.4 Å². The highest BCUT2D eigenvalue weighted by Crippen LogP contribution is 2.31. The molecule has 1 saturated heterocycles. The van der Waals surface area contributed by atoms with Gasteiger partial charge in [-0.25, -0.2) is 0 Å². The molecule has 1 aromatic carbocycles. The lowest BCUT2D eigenvalue weighted by Gasteiger charge is -2.43. The first-order valence-electron chi connectivity index (χ1n) is 7.02. The Morgan fingerprint density at radius 3 is 2.42 bits per heavy atom. The largest absolute Gasteiger partial charge is 0.368 e. The van der Waals surface area contributed by atoms with Crippen LogP contribution < -0.4 is 4.90 Å². The van der Waals surface area contributed by atoms with Gasteiger partial charge in [0.05, 0.1) is 0 Å². The summed E-state index contributed by atoms with van der Waals surface area (Å²) in [6.45, 7) is 11.5. The van der Waals surface area contributed by atoms with Crippen molar-refractivity contribution in [3.05, 3.63) is 29.6 Å². The lowest BCUT2D eigenvalue weighted by atomic mass is 10.0. The predicted octanol–water partition coefficient (Wildman–Crippen LogP) is 3.82. The number of rotatable bonds is 1. The Balaban J connectivity index is 1.80. The van der Waals surface area contributed by atoms with Gasteiger partial charge in [-0.3, -0.25) is 4.90 Å². The fraction of sp³-hybridized carbons (Fsp3) is 0.500. The van der Waals surface area contributed by atoms with Crippen LogP contribution in [0, 0.1) is 0 Å². The molecule has 0 bridgehead atoms. The molecule has 2 nitrogen and oxygen atoms in total. The van der Waals surface area contributed by atoms with Gasteiger partial charge in [0, 0.05) is 47.5 Å². The Morgan fingerprint density at radius 2 is 1.74 bits per heavy atom. The van der Waals surface area contributed by atoms with Crippen LogP contribution in [0.3, 0.4) is 0 Å². The zero-order valence-electron chi connectivity index (χ0n) is 12.0. The van der Waals surface area contributed by atoms with Crippen molar-refractivity contribution in [2.45, 2.75) is 26.3 Å². The molecule has 0 saturated carbocycles. The Kier molecular flexibility index (Phi) is 3.27. The maximum absolute atomic E-state index is 2.58. The smallest absolute Gasteiger partial charge is 0.0455 e. The molecule has 1 aromatic heterocycles. The van der Waals surface area contributed by atoms with Crippen LogP contribution in [0.5, 0.6) is 0 Å². The van der Waals surface area contributed by atoms with Crippen molar-refractivity contribution in [2.75, 3.05) is 31.1 Å². The lowest BCUT2D eigenvalue weighted by Crippen LogP contribution is -2.53. The minimum Gasteiger partial charge on any atom is -0.368 e.